The Morgan fingerprint density at radius 1 is 0.870 bits per heavy atom. The number of amides is 3. The van der Waals surface area contributed by atoms with Crippen molar-refractivity contribution in [1.29, 1.82) is 0 Å². The second kappa shape index (κ2) is 9.71. The summed E-state index contributed by atoms with van der Waals surface area (Å²) in [6, 6.07) is -4.78. The third-order valence-corrected chi connectivity index (χ3v) is 2.83. The predicted octanol–water partition coefficient (Wildman–Crippen LogP) is -4.12. The van der Waals surface area contributed by atoms with E-state index < -0.39 is 61.1 Å². The number of aliphatic hydroxyl groups is 2. The molecule has 4 atom stereocenters. The lowest BCUT2D eigenvalue weighted by molar-refractivity contribution is -0.143. The quantitative estimate of drug-likeness (QED) is 0.221. The molecular formula is C12H22N4O7. The fourth-order valence-electron chi connectivity index (χ4n) is 1.36. The first-order valence-electron chi connectivity index (χ1n) is 6.75. The molecule has 0 aromatic rings. The molecule has 0 aromatic carbocycles. The Labute approximate surface area is 132 Å². The Balaban J connectivity index is 4.50. The second-order valence-electron chi connectivity index (χ2n) is 4.83. The Hall–Kier alpha value is -2.24. The Morgan fingerprint density at radius 3 is 1.70 bits per heavy atom. The zero-order valence-electron chi connectivity index (χ0n) is 12.8. The van der Waals surface area contributed by atoms with Gasteiger partial charge >= 0.3 is 5.97 Å². The number of nitrogens with one attached hydrogen (secondary N) is 3. The maximum atomic E-state index is 11.8. The number of nitrogens with two attached hydrogens (primary N) is 1. The molecule has 8 N–H and O–H groups in total. The van der Waals surface area contributed by atoms with Crippen LogP contribution < -0.4 is 21.7 Å². The molecule has 0 saturated heterocycles. The molecule has 0 unspecified atom stereocenters. The van der Waals surface area contributed by atoms with Crippen LogP contribution in [0.1, 0.15) is 13.8 Å². The van der Waals surface area contributed by atoms with E-state index in [1.54, 1.807) is 0 Å². The Bertz CT molecular complexity index is 457. The van der Waals surface area contributed by atoms with Crippen molar-refractivity contribution in [3.05, 3.63) is 0 Å². The molecule has 0 heterocycles. The molecule has 0 radical (unpaired) electrons. The molecule has 0 fully saturated rings. The van der Waals surface area contributed by atoms with Crippen molar-refractivity contribution in [2.75, 3.05) is 13.2 Å². The maximum absolute atomic E-state index is 11.8. The molecule has 11 nitrogen and oxygen atoms in total. The van der Waals surface area contributed by atoms with E-state index in [9.17, 15) is 19.2 Å². The number of carboxylic acids is 1. The van der Waals surface area contributed by atoms with Crippen molar-refractivity contribution < 1.29 is 34.5 Å². The highest BCUT2D eigenvalue weighted by Crippen LogP contribution is 1.91. The number of aliphatic carboxylic acids is 1. The minimum atomic E-state index is -1.48. The topological polar surface area (TPSA) is 191 Å². The molecule has 3 amide bonds. The molecule has 0 saturated carbocycles. The van der Waals surface area contributed by atoms with Crippen LogP contribution in [0.4, 0.5) is 0 Å². The molecule has 0 bridgehead atoms. The molecule has 0 rings (SSSR count). The van der Waals surface area contributed by atoms with Gasteiger partial charge in [0.25, 0.3) is 0 Å². The highest BCUT2D eigenvalue weighted by molar-refractivity contribution is 5.93. The van der Waals surface area contributed by atoms with Gasteiger partial charge in [0.2, 0.25) is 17.7 Å². The lowest BCUT2D eigenvalue weighted by atomic mass is 10.2. The maximum Gasteiger partial charge on any atom is 0.328 e. The van der Waals surface area contributed by atoms with Gasteiger partial charge in [-0.05, 0) is 13.8 Å². The van der Waals surface area contributed by atoms with Gasteiger partial charge in [-0.15, -0.1) is 0 Å². The van der Waals surface area contributed by atoms with Gasteiger partial charge in [0.05, 0.1) is 13.2 Å². The highest BCUT2D eigenvalue weighted by atomic mass is 16.4. The normalized spacial score (nSPS) is 15.7. The van der Waals surface area contributed by atoms with Crippen molar-refractivity contribution in [2.24, 2.45) is 5.73 Å². The summed E-state index contributed by atoms with van der Waals surface area (Å²) in [4.78, 5) is 45.6. The molecule has 132 valence electrons. The Morgan fingerprint density at radius 2 is 1.30 bits per heavy atom. The second-order valence-corrected chi connectivity index (χ2v) is 4.83. The average molecular weight is 334 g/mol. The summed E-state index contributed by atoms with van der Waals surface area (Å²) >= 11 is 0. The number of carbonyl (C=O) groups is 4. The van der Waals surface area contributed by atoms with E-state index in [-0.39, 0.29) is 0 Å². The molecule has 0 spiro atoms. The van der Waals surface area contributed by atoms with Gasteiger partial charge in [-0.1, -0.05) is 0 Å². The third-order valence-electron chi connectivity index (χ3n) is 2.83. The lowest BCUT2D eigenvalue weighted by Gasteiger charge is -2.20. The zero-order chi connectivity index (χ0) is 18.2. The van der Waals surface area contributed by atoms with Crippen LogP contribution in [0.2, 0.25) is 0 Å². The van der Waals surface area contributed by atoms with Crippen LogP contribution in [0.15, 0.2) is 0 Å². The fraction of sp³-hybridized carbons (Fsp3) is 0.667. The summed E-state index contributed by atoms with van der Waals surface area (Å²) in [6.45, 7) is 1.26. The van der Waals surface area contributed by atoms with Gasteiger partial charge in [0, 0.05) is 0 Å². The fourth-order valence-corrected chi connectivity index (χ4v) is 1.36. The van der Waals surface area contributed by atoms with Crippen molar-refractivity contribution in [2.45, 2.75) is 38.0 Å². The summed E-state index contributed by atoms with van der Waals surface area (Å²) in [5.41, 5.74) is 5.28. The van der Waals surface area contributed by atoms with E-state index in [1.807, 2.05) is 5.32 Å². The van der Waals surface area contributed by atoms with Gasteiger partial charge in [-0.3, -0.25) is 14.4 Å². The van der Waals surface area contributed by atoms with Crippen LogP contribution >= 0.6 is 0 Å². The number of aliphatic hydroxyl groups excluding tert-OH is 2. The minimum Gasteiger partial charge on any atom is -0.480 e. The van der Waals surface area contributed by atoms with E-state index >= 15 is 0 Å². The number of hydrogen-bond acceptors (Lipinski definition) is 7. The average Bonchev–Trinajstić information content (AvgIpc) is 2.50. The van der Waals surface area contributed by atoms with Gasteiger partial charge in [-0.2, -0.15) is 0 Å². The first-order valence-corrected chi connectivity index (χ1v) is 6.75. The van der Waals surface area contributed by atoms with E-state index in [0.717, 1.165) is 0 Å². The summed E-state index contributed by atoms with van der Waals surface area (Å²) in [5, 5.41) is 32.8. The zero-order valence-corrected chi connectivity index (χ0v) is 12.8. The molecular weight excluding hydrogens is 312 g/mol. The van der Waals surface area contributed by atoms with Crippen LogP contribution in [0, 0.1) is 0 Å². The smallest absolute Gasteiger partial charge is 0.328 e. The SMILES string of the molecule is C[C@H](NC(=O)[C@H](C)NC(=O)[C@@H](N)CO)C(=O)N[C@@H](CO)C(=O)O. The van der Waals surface area contributed by atoms with Crippen molar-refractivity contribution in [1.82, 2.24) is 16.0 Å². The monoisotopic (exact) mass is 334 g/mol. The van der Waals surface area contributed by atoms with Crippen molar-refractivity contribution in [3.8, 4) is 0 Å². The van der Waals surface area contributed by atoms with Gasteiger partial charge in [-0.25, -0.2) is 4.79 Å². The summed E-state index contributed by atoms with van der Waals surface area (Å²) < 4.78 is 0. The van der Waals surface area contributed by atoms with E-state index in [4.69, 9.17) is 21.1 Å². The van der Waals surface area contributed by atoms with Gasteiger partial charge < -0.3 is 37.0 Å². The lowest BCUT2D eigenvalue weighted by Crippen LogP contribution is -2.56. The first-order chi connectivity index (χ1) is 10.6. The summed E-state index contributed by atoms with van der Waals surface area (Å²) in [5.74, 6) is -3.68. The first kappa shape index (κ1) is 20.8. The number of carbonyl (C=O) groups excluding carboxylic acids is 3. The van der Waals surface area contributed by atoms with Crippen LogP contribution in [-0.2, 0) is 19.2 Å². The largest absolute Gasteiger partial charge is 0.480 e. The van der Waals surface area contributed by atoms with Crippen LogP contribution in [0.5, 0.6) is 0 Å². The molecule has 0 aliphatic heterocycles. The molecule has 11 heteroatoms. The van der Waals surface area contributed by atoms with Gasteiger partial charge in [0.15, 0.2) is 0 Å². The van der Waals surface area contributed by atoms with E-state index in [2.05, 4.69) is 10.6 Å². The molecule has 23 heavy (non-hydrogen) atoms. The third kappa shape index (κ3) is 7.04. The molecule has 0 aromatic heterocycles. The van der Waals surface area contributed by atoms with Gasteiger partial charge in [0.1, 0.15) is 24.2 Å². The summed E-state index contributed by atoms with van der Waals surface area (Å²) in [7, 11) is 0. The standard InChI is InChI=1S/C12H22N4O7/c1-5(15-11(21)7(13)3-17)9(19)14-6(2)10(20)16-8(4-18)12(22)23/h5-8,17-18H,3-4,13H2,1-2H3,(H,14,19)(H,15,21)(H,16,20)(H,22,23)/t5-,6-,7-,8-/m0/s1. The summed E-state index contributed by atoms with van der Waals surface area (Å²) in [6.07, 6.45) is 0. The van der Waals surface area contributed by atoms with Crippen LogP contribution in [-0.4, -0.2) is 76.4 Å². The van der Waals surface area contributed by atoms with Crippen LogP contribution in [0.3, 0.4) is 0 Å². The van der Waals surface area contributed by atoms with E-state index in [1.165, 1.54) is 13.8 Å². The molecule has 0 aliphatic carbocycles. The predicted molar refractivity (Wildman–Crippen MR) is 76.9 cm³/mol. The molecule has 0 aliphatic rings. The Kier molecular flexibility index (Phi) is 8.77. The van der Waals surface area contributed by atoms with Crippen molar-refractivity contribution >= 4 is 23.7 Å². The van der Waals surface area contributed by atoms with Crippen molar-refractivity contribution in [3.63, 3.8) is 0 Å². The number of hydrogen-bond donors (Lipinski definition) is 7. The number of carboxylic acid groups (broad SMARTS) is 1. The minimum absolute atomic E-state index is 0.587. The van der Waals surface area contributed by atoms with Crippen LogP contribution in [0.25, 0.3) is 0 Å². The number of rotatable bonds is 9. The van der Waals surface area contributed by atoms with E-state index in [0.29, 0.717) is 0 Å². The highest BCUT2D eigenvalue weighted by Gasteiger charge is 2.25.